The molecular formula is C7H6ClF3N2. The van der Waals surface area contributed by atoms with Crippen LogP contribution in [0.5, 0.6) is 0 Å². The Labute approximate surface area is 77.5 Å². The molecule has 0 aliphatic heterocycles. The van der Waals surface area contributed by atoms with Gasteiger partial charge in [0.25, 0.3) is 6.43 Å². The second kappa shape index (κ2) is 3.83. The molecule has 6 heteroatoms. The van der Waals surface area contributed by atoms with E-state index < -0.39 is 17.9 Å². The van der Waals surface area contributed by atoms with E-state index in [0.717, 1.165) is 0 Å². The average Bonchev–Trinajstić information content (AvgIpc) is 2.09. The molecule has 0 spiro atoms. The number of hydrogen-bond acceptors (Lipinski definition) is 2. The Balaban J connectivity index is 3.22. The summed E-state index contributed by atoms with van der Waals surface area (Å²) in [5.41, 5.74) is 4.21. The molecule has 1 heterocycles. The molecule has 0 saturated carbocycles. The number of nitrogens with zero attached hydrogens (tertiary/aromatic N) is 1. The van der Waals surface area contributed by atoms with Gasteiger partial charge in [-0.1, -0.05) is 0 Å². The van der Waals surface area contributed by atoms with Crippen LogP contribution in [0.1, 0.15) is 17.8 Å². The zero-order valence-electron chi connectivity index (χ0n) is 6.40. The molecule has 0 aliphatic rings. The van der Waals surface area contributed by atoms with Crippen LogP contribution in [-0.4, -0.2) is 4.98 Å². The van der Waals surface area contributed by atoms with Crippen LogP contribution in [0.4, 0.5) is 18.9 Å². The Hall–Kier alpha value is -0.970. The van der Waals surface area contributed by atoms with Crippen LogP contribution in [0.3, 0.4) is 0 Å². The van der Waals surface area contributed by atoms with Crippen molar-refractivity contribution in [3.63, 3.8) is 0 Å². The summed E-state index contributed by atoms with van der Waals surface area (Å²) in [6.45, 7) is 0. The van der Waals surface area contributed by atoms with Crippen LogP contribution in [-0.2, 0) is 5.88 Å². The molecule has 0 fully saturated rings. The zero-order chi connectivity index (χ0) is 10.0. The fourth-order valence-corrected chi connectivity index (χ4v) is 1.01. The van der Waals surface area contributed by atoms with E-state index in [1.807, 2.05) is 0 Å². The molecule has 1 aromatic rings. The Morgan fingerprint density at radius 1 is 1.54 bits per heavy atom. The largest absolute Gasteiger partial charge is 0.395 e. The van der Waals surface area contributed by atoms with Crippen LogP contribution >= 0.6 is 11.6 Å². The van der Waals surface area contributed by atoms with Crippen molar-refractivity contribution in [2.24, 2.45) is 0 Å². The highest BCUT2D eigenvalue weighted by atomic mass is 35.5. The summed E-state index contributed by atoms with van der Waals surface area (Å²) in [5, 5.41) is 0. The summed E-state index contributed by atoms with van der Waals surface area (Å²) < 4.78 is 37.0. The quantitative estimate of drug-likeness (QED) is 0.762. The first-order chi connectivity index (χ1) is 6.06. The lowest BCUT2D eigenvalue weighted by Gasteiger charge is -2.05. The fourth-order valence-electron chi connectivity index (χ4n) is 0.807. The Morgan fingerprint density at radius 3 is 2.62 bits per heavy atom. The van der Waals surface area contributed by atoms with Crippen LogP contribution < -0.4 is 5.73 Å². The van der Waals surface area contributed by atoms with E-state index in [-0.39, 0.29) is 17.3 Å². The van der Waals surface area contributed by atoms with Gasteiger partial charge in [-0.2, -0.15) is 0 Å². The first-order valence-corrected chi connectivity index (χ1v) is 3.88. The molecule has 0 unspecified atom stereocenters. The highest BCUT2D eigenvalue weighted by Crippen LogP contribution is 2.23. The van der Waals surface area contributed by atoms with Crippen molar-refractivity contribution in [2.45, 2.75) is 12.3 Å². The van der Waals surface area contributed by atoms with Crippen molar-refractivity contribution in [1.82, 2.24) is 4.98 Å². The summed E-state index contributed by atoms with van der Waals surface area (Å²) in [6, 6.07) is 0.607. The minimum atomic E-state index is -2.82. The molecule has 2 nitrogen and oxygen atoms in total. The number of alkyl halides is 3. The standard InChI is InChI=1S/C7H6ClF3N2/c8-2-5-6(12)3(9)1-4(13-5)7(10)11/h1,7H,2,12H2. The van der Waals surface area contributed by atoms with Gasteiger partial charge in [-0.15, -0.1) is 11.6 Å². The number of aromatic nitrogens is 1. The number of nitrogens with two attached hydrogens (primary N) is 1. The molecule has 0 aliphatic carbocycles. The minimum Gasteiger partial charge on any atom is -0.395 e. The smallest absolute Gasteiger partial charge is 0.280 e. The number of hydrogen-bond donors (Lipinski definition) is 1. The van der Waals surface area contributed by atoms with Gasteiger partial charge in [0.2, 0.25) is 0 Å². The Morgan fingerprint density at radius 2 is 2.15 bits per heavy atom. The molecule has 0 saturated heterocycles. The number of rotatable bonds is 2. The van der Waals surface area contributed by atoms with E-state index in [2.05, 4.69) is 4.98 Å². The molecule has 1 rings (SSSR count). The van der Waals surface area contributed by atoms with Gasteiger partial charge in [-0.3, -0.25) is 0 Å². The lowest BCUT2D eigenvalue weighted by Crippen LogP contribution is -2.03. The first-order valence-electron chi connectivity index (χ1n) is 3.35. The second-order valence-electron chi connectivity index (χ2n) is 2.32. The van der Waals surface area contributed by atoms with Crippen molar-refractivity contribution >= 4 is 17.3 Å². The number of halogens is 4. The molecule has 0 radical (unpaired) electrons. The van der Waals surface area contributed by atoms with Gasteiger partial charge in [0.1, 0.15) is 11.5 Å². The van der Waals surface area contributed by atoms with E-state index in [9.17, 15) is 13.2 Å². The third-order valence-electron chi connectivity index (χ3n) is 1.46. The topological polar surface area (TPSA) is 38.9 Å². The lowest BCUT2D eigenvalue weighted by atomic mass is 10.2. The molecular weight excluding hydrogens is 205 g/mol. The van der Waals surface area contributed by atoms with E-state index >= 15 is 0 Å². The summed E-state index contributed by atoms with van der Waals surface area (Å²) in [4.78, 5) is 3.40. The number of anilines is 1. The summed E-state index contributed by atoms with van der Waals surface area (Å²) in [7, 11) is 0. The van der Waals surface area contributed by atoms with Gasteiger partial charge in [0.15, 0.2) is 0 Å². The third-order valence-corrected chi connectivity index (χ3v) is 1.71. The summed E-state index contributed by atoms with van der Waals surface area (Å²) >= 11 is 5.33. The number of nitrogen functional groups attached to an aromatic ring is 1. The Kier molecular flexibility index (Phi) is 2.98. The molecule has 2 N–H and O–H groups in total. The molecule has 1 aromatic heterocycles. The minimum absolute atomic E-state index is 0.0584. The third kappa shape index (κ3) is 2.03. The van der Waals surface area contributed by atoms with Gasteiger partial charge in [-0.05, 0) is 0 Å². The van der Waals surface area contributed by atoms with Crippen LogP contribution in [0, 0.1) is 5.82 Å². The molecule has 0 aromatic carbocycles. The lowest BCUT2D eigenvalue weighted by molar-refractivity contribution is 0.145. The summed E-state index contributed by atoms with van der Waals surface area (Å²) in [6.07, 6.45) is -2.82. The van der Waals surface area contributed by atoms with Crippen LogP contribution in [0.15, 0.2) is 6.07 Å². The van der Waals surface area contributed by atoms with Gasteiger partial charge in [0, 0.05) is 6.07 Å². The second-order valence-corrected chi connectivity index (χ2v) is 2.59. The SMILES string of the molecule is Nc1c(F)cc(C(F)F)nc1CCl. The van der Waals surface area contributed by atoms with Gasteiger partial charge < -0.3 is 5.73 Å². The van der Waals surface area contributed by atoms with Crippen molar-refractivity contribution in [1.29, 1.82) is 0 Å². The maximum absolute atomic E-state index is 12.8. The predicted octanol–water partition coefficient (Wildman–Crippen LogP) is 2.48. The monoisotopic (exact) mass is 210 g/mol. The average molecular weight is 211 g/mol. The highest BCUT2D eigenvalue weighted by Gasteiger charge is 2.15. The Bertz CT molecular complexity index is 317. The van der Waals surface area contributed by atoms with Gasteiger partial charge in [-0.25, -0.2) is 18.2 Å². The van der Waals surface area contributed by atoms with Gasteiger partial charge >= 0.3 is 0 Å². The zero-order valence-corrected chi connectivity index (χ0v) is 7.15. The first kappa shape index (κ1) is 10.1. The van der Waals surface area contributed by atoms with Crippen LogP contribution in [0.25, 0.3) is 0 Å². The normalized spacial score (nSPS) is 10.8. The maximum atomic E-state index is 12.8. The highest BCUT2D eigenvalue weighted by molar-refractivity contribution is 6.17. The van der Waals surface area contributed by atoms with E-state index in [4.69, 9.17) is 17.3 Å². The van der Waals surface area contributed by atoms with Crippen molar-refractivity contribution in [2.75, 3.05) is 5.73 Å². The van der Waals surface area contributed by atoms with Crippen LogP contribution in [0.2, 0.25) is 0 Å². The molecule has 0 bridgehead atoms. The predicted molar refractivity (Wildman–Crippen MR) is 43.1 cm³/mol. The van der Waals surface area contributed by atoms with Crippen molar-refractivity contribution in [3.05, 3.63) is 23.3 Å². The molecule has 13 heavy (non-hydrogen) atoms. The molecule has 0 amide bonds. The molecule has 72 valence electrons. The number of pyridine rings is 1. The van der Waals surface area contributed by atoms with Crippen molar-refractivity contribution in [3.8, 4) is 0 Å². The van der Waals surface area contributed by atoms with E-state index in [0.29, 0.717) is 6.07 Å². The maximum Gasteiger partial charge on any atom is 0.280 e. The van der Waals surface area contributed by atoms with E-state index in [1.54, 1.807) is 0 Å². The van der Waals surface area contributed by atoms with Crippen molar-refractivity contribution < 1.29 is 13.2 Å². The van der Waals surface area contributed by atoms with Gasteiger partial charge in [0.05, 0.1) is 17.3 Å². The summed E-state index contributed by atoms with van der Waals surface area (Å²) in [5.74, 6) is -1.11. The fraction of sp³-hybridized carbons (Fsp3) is 0.286. The molecule has 0 atom stereocenters. The van der Waals surface area contributed by atoms with E-state index in [1.165, 1.54) is 0 Å².